The van der Waals surface area contributed by atoms with Crippen molar-refractivity contribution in [3.63, 3.8) is 0 Å². The zero-order valence-electron chi connectivity index (χ0n) is 19.4. The second-order valence-electron chi connectivity index (χ2n) is 9.11. The second kappa shape index (κ2) is 8.27. The normalized spacial score (nSPS) is 17.7. The number of anilines is 1. The lowest BCUT2D eigenvalue weighted by atomic mass is 10.1. The van der Waals surface area contributed by atoms with Crippen molar-refractivity contribution >= 4 is 23.2 Å². The van der Waals surface area contributed by atoms with Crippen molar-refractivity contribution in [2.75, 3.05) is 18.4 Å². The molecule has 0 aliphatic carbocycles. The van der Waals surface area contributed by atoms with Crippen molar-refractivity contribution in [2.24, 2.45) is 5.73 Å². The summed E-state index contributed by atoms with van der Waals surface area (Å²) in [4.78, 5) is 26.5. The molecule has 1 aliphatic rings. The van der Waals surface area contributed by atoms with Crippen LogP contribution < -0.4 is 11.1 Å². The third kappa shape index (κ3) is 4.55. The summed E-state index contributed by atoms with van der Waals surface area (Å²) in [5.41, 5.74) is 9.05. The van der Waals surface area contributed by atoms with Crippen molar-refractivity contribution in [3.8, 4) is 11.3 Å². The molecule has 4 heterocycles. The van der Waals surface area contributed by atoms with E-state index >= 15 is 0 Å². The van der Waals surface area contributed by atoms with E-state index in [2.05, 4.69) is 15.6 Å². The number of nitrogens with one attached hydrogen (secondary N) is 1. The highest BCUT2D eigenvalue weighted by atomic mass is 16.6. The number of primary amides is 1. The van der Waals surface area contributed by atoms with Gasteiger partial charge in [0.25, 0.3) is 5.91 Å². The number of carbonyl (C=O) groups excluding carboxylic acids is 2. The number of allylic oxidation sites excluding steroid dienone is 1. The van der Waals surface area contributed by atoms with Crippen LogP contribution in [-0.2, 0) is 4.74 Å². The largest absolute Gasteiger partial charge is 0.444 e. The van der Waals surface area contributed by atoms with Gasteiger partial charge in [0.05, 0.1) is 34.7 Å². The van der Waals surface area contributed by atoms with Gasteiger partial charge in [0, 0.05) is 30.9 Å². The van der Waals surface area contributed by atoms with Gasteiger partial charge in [-0.25, -0.2) is 9.31 Å². The SMILES string of the molecule is CC=C1CN(C(=O)OC(C)(C)C)CC1Nc1c(C(N)=O)cnn2cc(-c3cc(C)no3)cc12. The van der Waals surface area contributed by atoms with Crippen LogP contribution in [0.15, 0.2) is 40.7 Å². The van der Waals surface area contributed by atoms with Crippen molar-refractivity contribution in [2.45, 2.75) is 46.3 Å². The van der Waals surface area contributed by atoms with E-state index < -0.39 is 11.5 Å². The zero-order chi connectivity index (χ0) is 23.9. The standard InChI is InChI=1S/C23H28N6O4/c1-6-14-10-28(22(31)32-23(3,4)5)12-17(14)26-20-16(21(24)30)9-25-29-11-15(8-18(20)29)19-7-13(2)27-33-19/h6-9,11,17,26H,10,12H2,1-5H3,(H2,24,30). The van der Waals surface area contributed by atoms with Crippen LogP contribution in [0.5, 0.6) is 0 Å². The number of rotatable bonds is 4. The van der Waals surface area contributed by atoms with E-state index in [0.717, 1.165) is 16.8 Å². The topological polar surface area (TPSA) is 128 Å². The summed E-state index contributed by atoms with van der Waals surface area (Å²) in [5.74, 6) is -0.00883. The Labute approximate surface area is 191 Å². The molecule has 0 aromatic carbocycles. The molecule has 10 heteroatoms. The van der Waals surface area contributed by atoms with E-state index in [0.29, 0.717) is 30.1 Å². The summed E-state index contributed by atoms with van der Waals surface area (Å²) < 4.78 is 12.6. The third-order valence-corrected chi connectivity index (χ3v) is 5.38. The summed E-state index contributed by atoms with van der Waals surface area (Å²) >= 11 is 0. The first-order valence-electron chi connectivity index (χ1n) is 10.7. The number of ether oxygens (including phenoxy) is 1. The minimum absolute atomic E-state index is 0.224. The van der Waals surface area contributed by atoms with E-state index in [9.17, 15) is 9.59 Å². The fraction of sp³-hybridized carbons (Fsp3) is 0.391. The lowest BCUT2D eigenvalue weighted by Crippen LogP contribution is -2.36. The van der Waals surface area contributed by atoms with Crippen LogP contribution in [0.3, 0.4) is 0 Å². The van der Waals surface area contributed by atoms with E-state index in [1.54, 1.807) is 15.6 Å². The first-order chi connectivity index (χ1) is 15.6. The lowest BCUT2D eigenvalue weighted by molar-refractivity contribution is 0.0297. The van der Waals surface area contributed by atoms with E-state index in [4.69, 9.17) is 15.0 Å². The quantitative estimate of drug-likeness (QED) is 0.581. The van der Waals surface area contributed by atoms with Gasteiger partial charge in [-0.05, 0) is 46.3 Å². The van der Waals surface area contributed by atoms with Crippen molar-refractivity contribution in [3.05, 3.63) is 47.4 Å². The Hall–Kier alpha value is -3.82. The molecule has 3 N–H and O–H groups in total. The number of carbonyl (C=O) groups is 2. The van der Waals surface area contributed by atoms with Crippen LogP contribution in [-0.4, -0.2) is 56.4 Å². The van der Waals surface area contributed by atoms with Gasteiger partial charge in [0.1, 0.15) is 5.60 Å². The number of aromatic nitrogens is 3. The first kappa shape index (κ1) is 22.4. The monoisotopic (exact) mass is 452 g/mol. The number of hydrogen-bond acceptors (Lipinski definition) is 7. The van der Waals surface area contributed by atoms with E-state index in [-0.39, 0.29) is 17.7 Å². The van der Waals surface area contributed by atoms with Crippen LogP contribution in [0, 0.1) is 6.92 Å². The van der Waals surface area contributed by atoms with Gasteiger partial charge in [0.2, 0.25) is 0 Å². The number of aryl methyl sites for hydroxylation is 1. The Morgan fingerprint density at radius 2 is 2.09 bits per heavy atom. The predicted octanol–water partition coefficient (Wildman–Crippen LogP) is 3.37. The van der Waals surface area contributed by atoms with E-state index in [1.165, 1.54) is 6.20 Å². The number of amides is 2. The molecule has 10 nitrogen and oxygen atoms in total. The van der Waals surface area contributed by atoms with Gasteiger partial charge in [-0.2, -0.15) is 5.10 Å². The molecule has 0 radical (unpaired) electrons. The van der Waals surface area contributed by atoms with Crippen molar-refractivity contribution in [1.29, 1.82) is 0 Å². The Morgan fingerprint density at radius 3 is 2.70 bits per heavy atom. The molecule has 0 bridgehead atoms. The summed E-state index contributed by atoms with van der Waals surface area (Å²) in [6, 6.07) is 3.46. The molecule has 33 heavy (non-hydrogen) atoms. The molecule has 2 amide bonds. The Bertz CT molecular complexity index is 1250. The van der Waals surface area contributed by atoms with Crippen LogP contribution in [0.1, 0.15) is 43.7 Å². The molecule has 174 valence electrons. The molecule has 0 saturated carbocycles. The summed E-state index contributed by atoms with van der Waals surface area (Å²) in [6.45, 7) is 10.1. The number of nitrogens with zero attached hydrogens (tertiary/aromatic N) is 4. The van der Waals surface area contributed by atoms with Crippen LogP contribution >= 0.6 is 0 Å². The maximum atomic E-state index is 12.6. The average molecular weight is 453 g/mol. The van der Waals surface area contributed by atoms with Gasteiger partial charge >= 0.3 is 6.09 Å². The van der Waals surface area contributed by atoms with Crippen molar-refractivity contribution in [1.82, 2.24) is 19.7 Å². The smallest absolute Gasteiger partial charge is 0.410 e. The molecule has 3 aromatic heterocycles. The molecule has 4 rings (SSSR count). The highest BCUT2D eigenvalue weighted by Gasteiger charge is 2.34. The van der Waals surface area contributed by atoms with Crippen LogP contribution in [0.2, 0.25) is 0 Å². The molecule has 1 aliphatic heterocycles. The average Bonchev–Trinajstić information content (AvgIpc) is 3.44. The van der Waals surface area contributed by atoms with Crippen LogP contribution in [0.25, 0.3) is 16.8 Å². The Kier molecular flexibility index (Phi) is 5.61. The van der Waals surface area contributed by atoms with Gasteiger partial charge in [-0.3, -0.25) is 4.79 Å². The lowest BCUT2D eigenvalue weighted by Gasteiger charge is -2.24. The Balaban J connectivity index is 1.69. The first-order valence-corrected chi connectivity index (χ1v) is 10.7. The van der Waals surface area contributed by atoms with Gasteiger partial charge in [-0.1, -0.05) is 11.2 Å². The molecular formula is C23H28N6O4. The third-order valence-electron chi connectivity index (χ3n) is 5.38. The van der Waals surface area contributed by atoms with Crippen molar-refractivity contribution < 1.29 is 18.8 Å². The maximum Gasteiger partial charge on any atom is 0.410 e. The number of nitrogens with two attached hydrogens (primary N) is 1. The second-order valence-corrected chi connectivity index (χ2v) is 9.11. The molecule has 1 atom stereocenters. The summed E-state index contributed by atoms with van der Waals surface area (Å²) in [5, 5.41) is 11.7. The number of likely N-dealkylation sites (tertiary alicyclic amines) is 1. The van der Waals surface area contributed by atoms with Gasteiger partial charge < -0.3 is 25.2 Å². The summed E-state index contributed by atoms with van der Waals surface area (Å²) in [6.07, 6.45) is 4.81. The fourth-order valence-corrected chi connectivity index (χ4v) is 3.83. The number of hydrogen-bond donors (Lipinski definition) is 2. The highest BCUT2D eigenvalue weighted by Crippen LogP contribution is 2.31. The van der Waals surface area contributed by atoms with Crippen LogP contribution in [0.4, 0.5) is 10.5 Å². The molecule has 1 unspecified atom stereocenters. The Morgan fingerprint density at radius 1 is 1.33 bits per heavy atom. The minimum Gasteiger partial charge on any atom is -0.444 e. The maximum absolute atomic E-state index is 12.6. The zero-order valence-corrected chi connectivity index (χ0v) is 19.4. The fourth-order valence-electron chi connectivity index (χ4n) is 3.83. The molecule has 1 saturated heterocycles. The van der Waals surface area contributed by atoms with Gasteiger partial charge in [-0.15, -0.1) is 0 Å². The molecule has 3 aromatic rings. The van der Waals surface area contributed by atoms with Gasteiger partial charge in [0.15, 0.2) is 5.76 Å². The molecule has 1 fully saturated rings. The molecule has 0 spiro atoms. The molecular weight excluding hydrogens is 424 g/mol. The number of fused-ring (bicyclic) bond motifs is 1. The summed E-state index contributed by atoms with van der Waals surface area (Å²) in [7, 11) is 0. The minimum atomic E-state index is -0.602. The highest BCUT2D eigenvalue weighted by molar-refractivity contribution is 6.02. The predicted molar refractivity (Wildman–Crippen MR) is 123 cm³/mol. The van der Waals surface area contributed by atoms with E-state index in [1.807, 2.05) is 52.8 Å².